The van der Waals surface area contributed by atoms with Crippen LogP contribution in [0, 0.1) is 5.92 Å². The van der Waals surface area contributed by atoms with Crippen LogP contribution in [0.2, 0.25) is 0 Å². The minimum absolute atomic E-state index is 0.00200. The van der Waals surface area contributed by atoms with Crippen molar-refractivity contribution in [1.29, 1.82) is 0 Å². The molecular weight excluding hydrogens is 370 g/mol. The van der Waals surface area contributed by atoms with Gasteiger partial charge in [-0.2, -0.15) is 5.10 Å². The van der Waals surface area contributed by atoms with Crippen LogP contribution in [0.15, 0.2) is 42.7 Å². The molecule has 3 heterocycles. The summed E-state index contributed by atoms with van der Waals surface area (Å²) < 4.78 is 5.06. The number of amides is 1. The lowest BCUT2D eigenvalue weighted by atomic mass is 9.97. The Morgan fingerprint density at radius 2 is 2.17 bits per heavy atom. The first kappa shape index (κ1) is 19.0. The molecule has 150 valence electrons. The predicted molar refractivity (Wildman–Crippen MR) is 108 cm³/mol. The van der Waals surface area contributed by atoms with Crippen molar-refractivity contribution in [2.75, 3.05) is 30.4 Å². The topological polar surface area (TPSA) is 109 Å². The van der Waals surface area contributed by atoms with Crippen LogP contribution in [0.1, 0.15) is 18.7 Å². The molecule has 29 heavy (non-hydrogen) atoms. The van der Waals surface area contributed by atoms with Gasteiger partial charge in [0.15, 0.2) is 11.6 Å². The third kappa shape index (κ3) is 4.57. The number of methoxy groups -OCH3 is 1. The molecule has 1 atom stereocenters. The molecule has 1 saturated heterocycles. The molecule has 9 nitrogen and oxygen atoms in total. The standard InChI is InChI=1S/C20H23N7O2/c1-29-13-17-24-18(26-25-17)14-5-2-7-16(11-14)23-19(28)15-6-3-10-27(12-15)20-21-8-4-9-22-20/h2,4-5,7-9,11,15H,3,6,10,12-13H2,1H3,(H,23,28)(H,24,25,26). The maximum absolute atomic E-state index is 12.8. The molecule has 0 radical (unpaired) electrons. The van der Waals surface area contributed by atoms with Crippen LogP contribution >= 0.6 is 0 Å². The van der Waals surface area contributed by atoms with Crippen molar-refractivity contribution in [3.05, 3.63) is 48.5 Å². The van der Waals surface area contributed by atoms with Crippen LogP contribution in [0.25, 0.3) is 11.4 Å². The molecule has 3 aromatic rings. The van der Waals surface area contributed by atoms with E-state index in [9.17, 15) is 4.79 Å². The molecule has 1 fully saturated rings. The van der Waals surface area contributed by atoms with Crippen molar-refractivity contribution >= 4 is 17.5 Å². The molecule has 2 N–H and O–H groups in total. The molecule has 4 rings (SSSR count). The van der Waals surface area contributed by atoms with E-state index >= 15 is 0 Å². The van der Waals surface area contributed by atoms with Crippen LogP contribution in [-0.2, 0) is 16.1 Å². The number of benzene rings is 1. The Morgan fingerprint density at radius 3 is 3.00 bits per heavy atom. The third-order valence-electron chi connectivity index (χ3n) is 4.83. The van der Waals surface area contributed by atoms with Crippen LogP contribution in [-0.4, -0.2) is 51.3 Å². The maximum Gasteiger partial charge on any atom is 0.229 e. The molecule has 1 aliphatic heterocycles. The zero-order valence-corrected chi connectivity index (χ0v) is 16.2. The molecule has 0 bridgehead atoms. The molecule has 1 unspecified atom stereocenters. The van der Waals surface area contributed by atoms with Crippen molar-refractivity contribution in [2.45, 2.75) is 19.4 Å². The van der Waals surface area contributed by atoms with Gasteiger partial charge >= 0.3 is 0 Å². The van der Waals surface area contributed by atoms with Crippen molar-refractivity contribution in [2.24, 2.45) is 5.92 Å². The number of rotatable bonds is 6. The molecular formula is C20H23N7O2. The number of nitrogens with zero attached hydrogens (tertiary/aromatic N) is 5. The van der Waals surface area contributed by atoms with Crippen LogP contribution in [0.3, 0.4) is 0 Å². The summed E-state index contributed by atoms with van der Waals surface area (Å²) in [7, 11) is 1.61. The Kier molecular flexibility index (Phi) is 5.76. The molecule has 1 aliphatic rings. The highest BCUT2D eigenvalue weighted by molar-refractivity contribution is 5.93. The van der Waals surface area contributed by atoms with Gasteiger partial charge in [-0.05, 0) is 31.0 Å². The van der Waals surface area contributed by atoms with Gasteiger partial charge in [0.2, 0.25) is 11.9 Å². The van der Waals surface area contributed by atoms with Crippen molar-refractivity contribution in [3.8, 4) is 11.4 Å². The molecule has 2 aromatic heterocycles. The fraction of sp³-hybridized carbons (Fsp3) is 0.350. The number of nitrogens with one attached hydrogen (secondary N) is 2. The summed E-state index contributed by atoms with van der Waals surface area (Å²) >= 11 is 0. The highest BCUT2D eigenvalue weighted by Crippen LogP contribution is 2.23. The fourth-order valence-corrected chi connectivity index (χ4v) is 3.43. The average molecular weight is 393 g/mol. The summed E-state index contributed by atoms with van der Waals surface area (Å²) in [5.74, 6) is 1.77. The van der Waals surface area contributed by atoms with E-state index in [1.807, 2.05) is 24.3 Å². The number of hydrogen-bond donors (Lipinski definition) is 2. The summed E-state index contributed by atoms with van der Waals surface area (Å²) in [6.45, 7) is 1.83. The zero-order valence-electron chi connectivity index (χ0n) is 16.2. The van der Waals surface area contributed by atoms with E-state index in [1.54, 1.807) is 25.6 Å². The van der Waals surface area contributed by atoms with Crippen LogP contribution in [0.5, 0.6) is 0 Å². The van der Waals surface area contributed by atoms with Crippen LogP contribution < -0.4 is 10.2 Å². The minimum atomic E-state index is -0.118. The first-order chi connectivity index (χ1) is 14.2. The number of piperidine rings is 1. The number of anilines is 2. The molecule has 9 heteroatoms. The number of ether oxygens (including phenoxy) is 1. The highest BCUT2D eigenvalue weighted by Gasteiger charge is 2.27. The molecule has 0 aliphatic carbocycles. The number of carbonyl (C=O) groups excluding carboxylic acids is 1. The Morgan fingerprint density at radius 1 is 1.31 bits per heavy atom. The number of H-pyrrole nitrogens is 1. The second-order valence-electron chi connectivity index (χ2n) is 6.94. The number of aromatic amines is 1. The lowest BCUT2D eigenvalue weighted by Crippen LogP contribution is -2.41. The van der Waals surface area contributed by atoms with Gasteiger partial charge in [0.25, 0.3) is 0 Å². The predicted octanol–water partition coefficient (Wildman–Crippen LogP) is 2.26. The highest BCUT2D eigenvalue weighted by atomic mass is 16.5. The van der Waals surface area contributed by atoms with Crippen molar-refractivity contribution in [1.82, 2.24) is 25.1 Å². The lowest BCUT2D eigenvalue weighted by molar-refractivity contribution is -0.120. The third-order valence-corrected chi connectivity index (χ3v) is 4.83. The van der Waals surface area contributed by atoms with Gasteiger partial charge in [-0.3, -0.25) is 9.89 Å². The van der Waals surface area contributed by atoms with E-state index in [4.69, 9.17) is 4.74 Å². The van der Waals surface area contributed by atoms with E-state index in [2.05, 4.69) is 35.4 Å². The second-order valence-corrected chi connectivity index (χ2v) is 6.94. The Balaban J connectivity index is 1.42. The molecule has 0 spiro atoms. The van der Waals surface area contributed by atoms with Gasteiger partial charge in [-0.1, -0.05) is 12.1 Å². The van der Waals surface area contributed by atoms with Gasteiger partial charge in [-0.15, -0.1) is 0 Å². The van der Waals surface area contributed by atoms with Crippen LogP contribution in [0.4, 0.5) is 11.6 Å². The first-order valence-electron chi connectivity index (χ1n) is 9.56. The van der Waals surface area contributed by atoms with Gasteiger partial charge < -0.3 is 15.0 Å². The summed E-state index contributed by atoms with van der Waals surface area (Å²) in [6.07, 6.45) is 5.21. The Labute approximate surface area is 168 Å². The average Bonchev–Trinajstić information content (AvgIpc) is 3.24. The quantitative estimate of drug-likeness (QED) is 0.661. The minimum Gasteiger partial charge on any atom is -0.377 e. The van der Waals surface area contributed by atoms with E-state index in [0.717, 1.165) is 30.6 Å². The lowest BCUT2D eigenvalue weighted by Gasteiger charge is -2.31. The first-order valence-corrected chi connectivity index (χ1v) is 9.56. The normalized spacial score (nSPS) is 16.6. The second kappa shape index (κ2) is 8.78. The summed E-state index contributed by atoms with van der Waals surface area (Å²) in [5.41, 5.74) is 1.54. The summed E-state index contributed by atoms with van der Waals surface area (Å²) in [4.78, 5) is 27.9. The number of hydrogen-bond acceptors (Lipinski definition) is 7. The van der Waals surface area contributed by atoms with Gasteiger partial charge in [0.05, 0.1) is 5.92 Å². The van der Waals surface area contributed by atoms with Gasteiger partial charge in [-0.25, -0.2) is 15.0 Å². The van der Waals surface area contributed by atoms with E-state index in [1.165, 1.54) is 0 Å². The molecule has 1 amide bonds. The summed E-state index contributed by atoms with van der Waals surface area (Å²) in [5, 5.41) is 10.1. The van der Waals surface area contributed by atoms with E-state index < -0.39 is 0 Å². The van der Waals surface area contributed by atoms with Gasteiger partial charge in [0, 0.05) is 43.8 Å². The van der Waals surface area contributed by atoms with Crippen molar-refractivity contribution < 1.29 is 9.53 Å². The van der Waals surface area contributed by atoms with Crippen molar-refractivity contribution in [3.63, 3.8) is 0 Å². The monoisotopic (exact) mass is 393 g/mol. The molecule has 1 aromatic carbocycles. The summed E-state index contributed by atoms with van der Waals surface area (Å²) in [6, 6.07) is 9.31. The molecule has 0 saturated carbocycles. The smallest absolute Gasteiger partial charge is 0.229 e. The Bertz CT molecular complexity index is 960. The number of aromatic nitrogens is 5. The zero-order chi connectivity index (χ0) is 20.1. The fourth-order valence-electron chi connectivity index (χ4n) is 3.43. The van der Waals surface area contributed by atoms with E-state index in [0.29, 0.717) is 30.7 Å². The van der Waals surface area contributed by atoms with Gasteiger partial charge in [0.1, 0.15) is 6.61 Å². The maximum atomic E-state index is 12.8. The van der Waals surface area contributed by atoms with E-state index in [-0.39, 0.29) is 11.8 Å². The Hall–Kier alpha value is -3.33. The SMILES string of the molecule is COCc1nc(-c2cccc(NC(=O)C3CCCN(c4ncccn4)C3)c2)n[nH]1. The largest absolute Gasteiger partial charge is 0.377 e. The number of carbonyl (C=O) groups is 1.